The molecule has 0 saturated heterocycles. The van der Waals surface area contributed by atoms with Crippen molar-refractivity contribution in [2.75, 3.05) is 12.9 Å². The van der Waals surface area contributed by atoms with Crippen LogP contribution in [0.4, 0.5) is 4.39 Å². The van der Waals surface area contributed by atoms with E-state index < -0.39 is 0 Å². The summed E-state index contributed by atoms with van der Waals surface area (Å²) in [5.74, 6) is 0.412. The fraction of sp³-hybridized carbons (Fsp3) is 0.158. The number of hydrogen-bond acceptors (Lipinski definition) is 6. The molecule has 0 fully saturated rings. The van der Waals surface area contributed by atoms with Crippen LogP contribution >= 0.6 is 11.8 Å². The van der Waals surface area contributed by atoms with Crippen LogP contribution in [-0.2, 0) is 11.3 Å². The SMILES string of the molecule is COc1ccc2[nH]c3nc(SCC(=O)NCc4ccc(F)cc4)nnc3c2c1. The van der Waals surface area contributed by atoms with Crippen LogP contribution in [0, 0.1) is 5.82 Å². The number of methoxy groups -OCH3 is 1. The number of aromatic nitrogens is 4. The van der Waals surface area contributed by atoms with Crippen LogP contribution in [0.5, 0.6) is 5.75 Å². The summed E-state index contributed by atoms with van der Waals surface area (Å²) in [5.41, 5.74) is 2.97. The quantitative estimate of drug-likeness (QED) is 0.486. The van der Waals surface area contributed by atoms with E-state index in [2.05, 4.69) is 25.5 Å². The number of thioether (sulfide) groups is 1. The lowest BCUT2D eigenvalue weighted by Gasteiger charge is -2.04. The zero-order valence-electron chi connectivity index (χ0n) is 14.9. The molecule has 0 saturated carbocycles. The molecule has 4 aromatic rings. The third-order valence-electron chi connectivity index (χ3n) is 4.14. The van der Waals surface area contributed by atoms with Crippen LogP contribution < -0.4 is 10.1 Å². The Morgan fingerprint density at radius 3 is 2.82 bits per heavy atom. The number of aromatic amines is 1. The van der Waals surface area contributed by atoms with Crippen molar-refractivity contribution in [3.8, 4) is 5.75 Å². The van der Waals surface area contributed by atoms with Crippen molar-refractivity contribution in [3.05, 3.63) is 53.8 Å². The molecule has 0 unspecified atom stereocenters. The maximum absolute atomic E-state index is 12.9. The summed E-state index contributed by atoms with van der Waals surface area (Å²) >= 11 is 1.20. The van der Waals surface area contributed by atoms with Gasteiger partial charge in [0.2, 0.25) is 11.1 Å². The molecule has 2 heterocycles. The fourth-order valence-corrected chi connectivity index (χ4v) is 3.32. The Hall–Kier alpha value is -3.20. The lowest BCUT2D eigenvalue weighted by molar-refractivity contribution is -0.118. The smallest absolute Gasteiger partial charge is 0.230 e. The number of amides is 1. The van der Waals surface area contributed by atoms with Crippen LogP contribution in [0.1, 0.15) is 5.56 Å². The molecule has 2 aromatic carbocycles. The minimum atomic E-state index is -0.305. The summed E-state index contributed by atoms with van der Waals surface area (Å²) in [7, 11) is 1.61. The van der Waals surface area contributed by atoms with E-state index in [1.807, 2.05) is 18.2 Å². The predicted molar refractivity (Wildman–Crippen MR) is 105 cm³/mol. The number of carbonyl (C=O) groups is 1. The minimum Gasteiger partial charge on any atom is -0.497 e. The monoisotopic (exact) mass is 397 g/mol. The standard InChI is InChI=1S/C19H16FN5O2S/c1-27-13-6-7-15-14(8-13)17-18(22-15)23-19(25-24-17)28-10-16(26)21-9-11-2-4-12(20)5-3-11/h2-8H,9-10H2,1H3,(H,21,26)(H,22,23,25). The maximum Gasteiger partial charge on any atom is 0.230 e. The summed E-state index contributed by atoms with van der Waals surface area (Å²) in [6, 6.07) is 11.6. The number of halogens is 1. The highest BCUT2D eigenvalue weighted by Gasteiger charge is 2.11. The number of nitrogens with one attached hydrogen (secondary N) is 2. The molecule has 1 amide bonds. The van der Waals surface area contributed by atoms with Crippen molar-refractivity contribution in [3.63, 3.8) is 0 Å². The highest BCUT2D eigenvalue weighted by molar-refractivity contribution is 7.99. The van der Waals surface area contributed by atoms with Gasteiger partial charge in [0.25, 0.3) is 0 Å². The summed E-state index contributed by atoms with van der Waals surface area (Å²) in [6.07, 6.45) is 0. The molecule has 28 heavy (non-hydrogen) atoms. The summed E-state index contributed by atoms with van der Waals surface area (Å²) in [4.78, 5) is 19.7. The first kappa shape index (κ1) is 18.2. The summed E-state index contributed by atoms with van der Waals surface area (Å²) < 4.78 is 18.1. The lowest BCUT2D eigenvalue weighted by Crippen LogP contribution is -2.24. The van der Waals surface area contributed by atoms with Gasteiger partial charge in [0.05, 0.1) is 12.9 Å². The Bertz CT molecular complexity index is 1150. The second kappa shape index (κ2) is 7.81. The van der Waals surface area contributed by atoms with E-state index >= 15 is 0 Å². The Morgan fingerprint density at radius 2 is 2.04 bits per heavy atom. The molecule has 0 bridgehead atoms. The number of hydrogen-bond donors (Lipinski definition) is 2. The average Bonchev–Trinajstić information content (AvgIpc) is 3.08. The first-order chi connectivity index (χ1) is 13.6. The van der Waals surface area contributed by atoms with Crippen LogP contribution in [0.2, 0.25) is 0 Å². The predicted octanol–water partition coefficient (Wildman–Crippen LogP) is 3.06. The van der Waals surface area contributed by atoms with Crippen molar-refractivity contribution in [1.29, 1.82) is 0 Å². The number of rotatable bonds is 6. The third kappa shape index (κ3) is 3.89. The molecule has 0 atom stereocenters. The molecule has 4 rings (SSSR count). The Kier molecular flexibility index (Phi) is 5.07. The van der Waals surface area contributed by atoms with Crippen LogP contribution in [0.15, 0.2) is 47.6 Å². The van der Waals surface area contributed by atoms with Gasteiger partial charge in [-0.2, -0.15) is 0 Å². The van der Waals surface area contributed by atoms with Crippen molar-refractivity contribution < 1.29 is 13.9 Å². The number of ether oxygens (including phenoxy) is 1. The Morgan fingerprint density at radius 1 is 1.21 bits per heavy atom. The maximum atomic E-state index is 12.9. The van der Waals surface area contributed by atoms with Crippen molar-refractivity contribution in [1.82, 2.24) is 25.5 Å². The second-order valence-electron chi connectivity index (χ2n) is 6.02. The van der Waals surface area contributed by atoms with Crippen LogP contribution in [-0.4, -0.2) is 38.9 Å². The van der Waals surface area contributed by atoms with Gasteiger partial charge in [0, 0.05) is 17.4 Å². The van der Waals surface area contributed by atoms with E-state index in [0.717, 1.165) is 22.2 Å². The lowest BCUT2D eigenvalue weighted by atomic mass is 10.2. The molecular weight excluding hydrogens is 381 g/mol. The van der Waals surface area contributed by atoms with Crippen molar-refractivity contribution in [2.24, 2.45) is 0 Å². The first-order valence-corrected chi connectivity index (χ1v) is 9.45. The largest absolute Gasteiger partial charge is 0.497 e. The van der Waals surface area contributed by atoms with Gasteiger partial charge in [-0.05, 0) is 35.9 Å². The van der Waals surface area contributed by atoms with E-state index in [4.69, 9.17) is 4.74 Å². The molecule has 7 nitrogen and oxygen atoms in total. The fourth-order valence-electron chi connectivity index (χ4n) is 2.71. The zero-order valence-corrected chi connectivity index (χ0v) is 15.7. The summed E-state index contributed by atoms with van der Waals surface area (Å²) in [5, 5.41) is 12.4. The normalized spacial score (nSPS) is 11.1. The van der Waals surface area contributed by atoms with E-state index in [1.54, 1.807) is 19.2 Å². The van der Waals surface area contributed by atoms with Gasteiger partial charge >= 0.3 is 0 Å². The van der Waals surface area contributed by atoms with E-state index in [9.17, 15) is 9.18 Å². The van der Waals surface area contributed by atoms with Gasteiger partial charge in [-0.15, -0.1) is 10.2 Å². The topological polar surface area (TPSA) is 92.8 Å². The average molecular weight is 397 g/mol. The molecule has 0 aliphatic rings. The second-order valence-corrected chi connectivity index (χ2v) is 6.96. The van der Waals surface area contributed by atoms with E-state index in [0.29, 0.717) is 22.9 Å². The third-order valence-corrected chi connectivity index (χ3v) is 4.98. The molecule has 0 aliphatic heterocycles. The van der Waals surface area contributed by atoms with Crippen LogP contribution in [0.25, 0.3) is 22.1 Å². The first-order valence-electron chi connectivity index (χ1n) is 8.46. The molecule has 9 heteroatoms. The molecule has 2 N–H and O–H groups in total. The van der Waals surface area contributed by atoms with Gasteiger partial charge in [0.15, 0.2) is 5.65 Å². The van der Waals surface area contributed by atoms with Gasteiger partial charge < -0.3 is 15.0 Å². The molecule has 0 radical (unpaired) electrons. The number of benzene rings is 2. The van der Waals surface area contributed by atoms with Gasteiger partial charge in [0.1, 0.15) is 17.1 Å². The minimum absolute atomic E-state index is 0.155. The van der Waals surface area contributed by atoms with Crippen LogP contribution in [0.3, 0.4) is 0 Å². The van der Waals surface area contributed by atoms with E-state index in [1.165, 1.54) is 23.9 Å². The summed E-state index contributed by atoms with van der Waals surface area (Å²) in [6.45, 7) is 0.335. The molecule has 2 aromatic heterocycles. The van der Waals surface area contributed by atoms with E-state index in [-0.39, 0.29) is 17.5 Å². The van der Waals surface area contributed by atoms with Gasteiger partial charge in [-0.3, -0.25) is 4.79 Å². The van der Waals surface area contributed by atoms with Crippen molar-refractivity contribution in [2.45, 2.75) is 11.7 Å². The number of carbonyl (C=O) groups excluding carboxylic acids is 1. The number of H-pyrrole nitrogens is 1. The van der Waals surface area contributed by atoms with Gasteiger partial charge in [-0.25, -0.2) is 9.37 Å². The number of nitrogens with zero attached hydrogens (tertiary/aromatic N) is 3. The molecule has 142 valence electrons. The Labute approximate surface area is 163 Å². The molecular formula is C19H16FN5O2S. The van der Waals surface area contributed by atoms with Crippen molar-refractivity contribution >= 4 is 39.7 Å². The molecule has 0 spiro atoms. The molecule has 0 aliphatic carbocycles. The zero-order chi connectivity index (χ0) is 19.5. The van der Waals surface area contributed by atoms with Gasteiger partial charge in [-0.1, -0.05) is 23.9 Å². The number of fused-ring (bicyclic) bond motifs is 3. The highest BCUT2D eigenvalue weighted by Crippen LogP contribution is 2.27. The highest BCUT2D eigenvalue weighted by atomic mass is 32.2. The Balaban J connectivity index is 1.41.